The van der Waals surface area contributed by atoms with Crippen molar-refractivity contribution in [1.82, 2.24) is 24.3 Å². The number of aliphatic hydroxyl groups excluding tert-OH is 1. The van der Waals surface area contributed by atoms with Crippen LogP contribution in [0.25, 0.3) is 16.9 Å². The van der Waals surface area contributed by atoms with E-state index in [1.54, 1.807) is 13.3 Å². The fourth-order valence-electron chi connectivity index (χ4n) is 5.23. The minimum atomic E-state index is -0.312. The number of rotatable bonds is 7. The number of benzene rings is 1. The van der Waals surface area contributed by atoms with Crippen molar-refractivity contribution in [3.63, 3.8) is 0 Å². The highest BCUT2D eigenvalue weighted by atomic mass is 16.5. The molecule has 0 radical (unpaired) electrons. The SMILES string of the molecule is COc1cc(Nc2nc(-c3cnc4c(c3)CCCO4)cn3ccnc23)ccc1N1CCN(CC(C)O)CC1. The Bertz CT molecular complexity index is 1430. The molecule has 38 heavy (non-hydrogen) atoms. The minimum Gasteiger partial charge on any atom is -0.495 e. The molecule has 198 valence electrons. The number of aliphatic hydroxyl groups is 1. The van der Waals surface area contributed by atoms with Crippen molar-refractivity contribution in [3.8, 4) is 22.9 Å². The second-order valence-electron chi connectivity index (χ2n) is 9.92. The Morgan fingerprint density at radius 1 is 1.16 bits per heavy atom. The van der Waals surface area contributed by atoms with Gasteiger partial charge in [0.25, 0.3) is 0 Å². The number of nitrogens with zero attached hydrogens (tertiary/aromatic N) is 6. The third kappa shape index (κ3) is 4.97. The highest BCUT2D eigenvalue weighted by molar-refractivity contribution is 5.76. The largest absolute Gasteiger partial charge is 0.495 e. The lowest BCUT2D eigenvalue weighted by Crippen LogP contribution is -2.48. The molecule has 2 N–H and O–H groups in total. The lowest BCUT2D eigenvalue weighted by atomic mass is 10.1. The van der Waals surface area contributed by atoms with E-state index in [9.17, 15) is 5.11 Å². The Kier molecular flexibility index (Phi) is 6.73. The maximum atomic E-state index is 9.70. The predicted molar refractivity (Wildman–Crippen MR) is 147 cm³/mol. The van der Waals surface area contributed by atoms with E-state index in [0.717, 1.165) is 84.5 Å². The maximum Gasteiger partial charge on any atom is 0.216 e. The molecule has 1 fully saturated rings. The van der Waals surface area contributed by atoms with Crippen molar-refractivity contribution < 1.29 is 14.6 Å². The van der Waals surface area contributed by atoms with E-state index in [1.165, 1.54) is 0 Å². The van der Waals surface area contributed by atoms with Gasteiger partial charge in [0.05, 0.1) is 31.2 Å². The number of pyridine rings is 1. The molecule has 10 nitrogen and oxygen atoms in total. The van der Waals surface area contributed by atoms with Crippen molar-refractivity contribution in [1.29, 1.82) is 0 Å². The molecular weight excluding hydrogens is 482 g/mol. The second kappa shape index (κ2) is 10.5. The zero-order chi connectivity index (χ0) is 26.1. The van der Waals surface area contributed by atoms with Gasteiger partial charge in [-0.1, -0.05) is 0 Å². The first-order valence-corrected chi connectivity index (χ1v) is 13.1. The van der Waals surface area contributed by atoms with Crippen LogP contribution in [0.4, 0.5) is 17.2 Å². The number of hydrogen-bond donors (Lipinski definition) is 2. The summed E-state index contributed by atoms with van der Waals surface area (Å²) in [6.07, 6.45) is 9.12. The van der Waals surface area contributed by atoms with Crippen LogP contribution in [0.3, 0.4) is 0 Å². The predicted octanol–water partition coefficient (Wildman–Crippen LogP) is 3.37. The number of aromatic nitrogens is 4. The highest BCUT2D eigenvalue weighted by Gasteiger charge is 2.21. The number of imidazole rings is 1. The van der Waals surface area contributed by atoms with E-state index in [-0.39, 0.29) is 6.10 Å². The molecule has 10 heteroatoms. The fourth-order valence-corrected chi connectivity index (χ4v) is 5.23. The summed E-state index contributed by atoms with van der Waals surface area (Å²) >= 11 is 0. The summed E-state index contributed by atoms with van der Waals surface area (Å²) in [6, 6.07) is 8.26. The van der Waals surface area contributed by atoms with Crippen molar-refractivity contribution >= 4 is 22.8 Å². The van der Waals surface area contributed by atoms with Crippen LogP contribution in [0.5, 0.6) is 11.6 Å². The van der Waals surface area contributed by atoms with Gasteiger partial charge in [0.1, 0.15) is 5.75 Å². The third-order valence-electron chi connectivity index (χ3n) is 7.10. The number of nitrogens with one attached hydrogen (secondary N) is 1. The number of hydrogen-bond acceptors (Lipinski definition) is 9. The summed E-state index contributed by atoms with van der Waals surface area (Å²) in [7, 11) is 1.70. The zero-order valence-electron chi connectivity index (χ0n) is 21.8. The van der Waals surface area contributed by atoms with Gasteiger partial charge >= 0.3 is 0 Å². The van der Waals surface area contributed by atoms with Gasteiger partial charge in [0.2, 0.25) is 5.88 Å². The summed E-state index contributed by atoms with van der Waals surface area (Å²) in [5.74, 6) is 2.18. The summed E-state index contributed by atoms with van der Waals surface area (Å²) in [5, 5.41) is 13.2. The Morgan fingerprint density at radius 3 is 2.84 bits per heavy atom. The van der Waals surface area contributed by atoms with Gasteiger partial charge in [-0.05, 0) is 38.0 Å². The lowest BCUT2D eigenvalue weighted by molar-refractivity contribution is 0.122. The van der Waals surface area contributed by atoms with Crippen molar-refractivity contribution in [2.45, 2.75) is 25.9 Å². The van der Waals surface area contributed by atoms with Gasteiger partial charge in [-0.3, -0.25) is 4.90 Å². The number of fused-ring (bicyclic) bond motifs is 2. The first kappa shape index (κ1) is 24.4. The molecule has 2 aliphatic heterocycles. The quantitative estimate of drug-likeness (QED) is 0.384. The van der Waals surface area contributed by atoms with Crippen molar-refractivity contribution in [3.05, 3.63) is 54.6 Å². The molecule has 1 atom stereocenters. The normalized spacial score (nSPS) is 16.7. The number of aryl methyl sites for hydroxylation is 1. The van der Waals surface area contributed by atoms with Crippen LogP contribution < -0.4 is 19.7 Å². The molecule has 0 spiro atoms. The molecule has 0 amide bonds. The molecule has 3 aromatic heterocycles. The Labute approximate surface area is 221 Å². The van der Waals surface area contributed by atoms with Crippen molar-refractivity contribution in [2.75, 3.05) is 56.7 Å². The minimum absolute atomic E-state index is 0.312. The van der Waals surface area contributed by atoms with Crippen LogP contribution in [0.2, 0.25) is 0 Å². The average Bonchev–Trinajstić information content (AvgIpc) is 3.42. The van der Waals surface area contributed by atoms with E-state index < -0.39 is 0 Å². The van der Waals surface area contributed by atoms with Gasteiger partial charge in [0.15, 0.2) is 11.5 Å². The van der Waals surface area contributed by atoms with Gasteiger partial charge in [0, 0.05) is 80.4 Å². The molecule has 1 unspecified atom stereocenters. The van der Waals surface area contributed by atoms with E-state index in [4.69, 9.17) is 14.5 Å². The molecule has 0 aliphatic carbocycles. The van der Waals surface area contributed by atoms with E-state index in [1.807, 2.05) is 42.0 Å². The van der Waals surface area contributed by atoms with Crippen molar-refractivity contribution in [2.24, 2.45) is 0 Å². The number of piperazine rings is 1. The molecule has 0 saturated carbocycles. The topological polar surface area (TPSA) is 100 Å². The first-order chi connectivity index (χ1) is 18.6. The monoisotopic (exact) mass is 515 g/mol. The molecule has 5 heterocycles. The summed E-state index contributed by atoms with van der Waals surface area (Å²) in [6.45, 7) is 6.84. The van der Waals surface area contributed by atoms with Gasteiger partial charge in [-0.2, -0.15) is 0 Å². The molecular formula is C28H33N7O3. The van der Waals surface area contributed by atoms with Gasteiger partial charge < -0.3 is 29.2 Å². The van der Waals surface area contributed by atoms with Gasteiger partial charge in [-0.25, -0.2) is 15.0 Å². The third-order valence-corrected chi connectivity index (χ3v) is 7.10. The number of ether oxygens (including phenoxy) is 2. The Balaban J connectivity index is 1.26. The van der Waals surface area contributed by atoms with Crippen LogP contribution in [-0.2, 0) is 6.42 Å². The summed E-state index contributed by atoms with van der Waals surface area (Å²) in [5.41, 5.74) is 5.52. The molecule has 1 saturated heterocycles. The fraction of sp³-hybridized carbons (Fsp3) is 0.393. The maximum absolute atomic E-state index is 9.70. The second-order valence-corrected chi connectivity index (χ2v) is 9.92. The molecule has 0 bridgehead atoms. The molecule has 6 rings (SSSR count). The zero-order valence-corrected chi connectivity index (χ0v) is 21.8. The van der Waals surface area contributed by atoms with E-state index in [0.29, 0.717) is 19.0 Å². The van der Waals surface area contributed by atoms with Crippen LogP contribution in [-0.4, -0.2) is 81.9 Å². The highest BCUT2D eigenvalue weighted by Crippen LogP contribution is 2.34. The molecule has 1 aromatic carbocycles. The van der Waals surface area contributed by atoms with Crippen LogP contribution >= 0.6 is 0 Å². The van der Waals surface area contributed by atoms with E-state index in [2.05, 4.69) is 37.2 Å². The Hall–Kier alpha value is -3.89. The van der Waals surface area contributed by atoms with Gasteiger partial charge in [-0.15, -0.1) is 0 Å². The summed E-state index contributed by atoms with van der Waals surface area (Å²) < 4.78 is 13.4. The average molecular weight is 516 g/mol. The number of methoxy groups -OCH3 is 1. The summed E-state index contributed by atoms with van der Waals surface area (Å²) in [4.78, 5) is 18.6. The number of β-amino-alcohol motifs (C(OH)–C–C–N with tert-alkyl or cyclic N) is 1. The molecule has 4 aromatic rings. The smallest absolute Gasteiger partial charge is 0.216 e. The first-order valence-electron chi connectivity index (χ1n) is 13.1. The molecule has 2 aliphatic rings. The van der Waals surface area contributed by atoms with Crippen LogP contribution in [0.15, 0.2) is 49.1 Å². The Morgan fingerprint density at radius 2 is 2.03 bits per heavy atom. The number of anilines is 3. The standard InChI is InChI=1S/C28H33N7O3/c1-19(36)17-33-9-11-34(12-10-33)24-6-5-22(15-25(24)37-2)31-26-27-29-7-8-35(27)18-23(32-26)21-14-20-4-3-13-38-28(20)30-16-21/h5-8,14-16,18-19,36H,3-4,9-13,17H2,1-2H3,(H,31,32). The van der Waals surface area contributed by atoms with Crippen LogP contribution in [0.1, 0.15) is 18.9 Å². The van der Waals surface area contributed by atoms with E-state index >= 15 is 0 Å². The lowest BCUT2D eigenvalue weighted by Gasteiger charge is -2.37. The van der Waals surface area contributed by atoms with Crippen LogP contribution in [0, 0.1) is 0 Å².